The van der Waals surface area contributed by atoms with Crippen LogP contribution in [-0.2, 0) is 11.3 Å². The maximum atomic E-state index is 12.2. The van der Waals surface area contributed by atoms with Crippen molar-refractivity contribution in [1.82, 2.24) is 29.7 Å². The van der Waals surface area contributed by atoms with Crippen molar-refractivity contribution in [3.63, 3.8) is 0 Å². The van der Waals surface area contributed by atoms with Gasteiger partial charge < -0.3 is 4.74 Å². The van der Waals surface area contributed by atoms with Gasteiger partial charge in [0.25, 0.3) is 0 Å². The van der Waals surface area contributed by atoms with Gasteiger partial charge in [0.15, 0.2) is 5.82 Å². The van der Waals surface area contributed by atoms with Gasteiger partial charge in [0.1, 0.15) is 24.6 Å². The third kappa shape index (κ3) is 3.74. The Bertz CT molecular complexity index is 1040. The fraction of sp³-hybridized carbons (Fsp3) is 0.105. The molecule has 0 unspecified atom stereocenters. The third-order valence-corrected chi connectivity index (χ3v) is 3.92. The van der Waals surface area contributed by atoms with E-state index in [0.717, 1.165) is 22.8 Å². The van der Waals surface area contributed by atoms with Gasteiger partial charge >= 0.3 is 5.97 Å². The standard InChI is InChI=1S/C19H16N6O2/c1-13-22-18(24-23-13)15-3-5-16(6-4-15)19(26)27-11-14-2-7-17(21-10-14)25-9-8-20-12-25/h2-10,12H,11H2,1H3,(H,22,23,24). The van der Waals surface area contributed by atoms with E-state index in [1.807, 2.05) is 25.3 Å². The number of H-pyrrole nitrogens is 1. The summed E-state index contributed by atoms with van der Waals surface area (Å²) in [5, 5.41) is 6.89. The molecule has 8 heteroatoms. The molecule has 1 aromatic carbocycles. The summed E-state index contributed by atoms with van der Waals surface area (Å²) in [4.78, 5) is 24.8. The third-order valence-electron chi connectivity index (χ3n) is 3.92. The van der Waals surface area contributed by atoms with Crippen LogP contribution in [0.15, 0.2) is 61.3 Å². The Balaban J connectivity index is 1.37. The molecule has 134 valence electrons. The van der Waals surface area contributed by atoms with E-state index in [9.17, 15) is 4.79 Å². The van der Waals surface area contributed by atoms with Gasteiger partial charge in [-0.05, 0) is 25.1 Å². The number of carbonyl (C=O) groups is 1. The number of nitrogens with one attached hydrogen (secondary N) is 1. The number of hydrogen-bond acceptors (Lipinski definition) is 6. The molecule has 0 aliphatic carbocycles. The fourth-order valence-electron chi connectivity index (χ4n) is 2.51. The number of esters is 1. The highest BCUT2D eigenvalue weighted by Crippen LogP contribution is 2.16. The van der Waals surface area contributed by atoms with Crippen molar-refractivity contribution in [1.29, 1.82) is 0 Å². The SMILES string of the molecule is Cc1nc(-c2ccc(C(=O)OCc3ccc(-n4ccnc4)nc3)cc2)n[nH]1. The fourth-order valence-corrected chi connectivity index (χ4v) is 2.51. The molecular weight excluding hydrogens is 344 g/mol. The number of hydrogen-bond donors (Lipinski definition) is 1. The van der Waals surface area contributed by atoms with E-state index in [2.05, 4.69) is 25.1 Å². The molecule has 0 atom stereocenters. The van der Waals surface area contributed by atoms with Gasteiger partial charge in [0.2, 0.25) is 0 Å². The van der Waals surface area contributed by atoms with Crippen LogP contribution in [0.2, 0.25) is 0 Å². The van der Waals surface area contributed by atoms with Crippen molar-refractivity contribution in [2.75, 3.05) is 0 Å². The molecule has 3 aromatic heterocycles. The predicted molar refractivity (Wildman–Crippen MR) is 97.0 cm³/mol. The lowest BCUT2D eigenvalue weighted by molar-refractivity contribution is 0.0472. The minimum absolute atomic E-state index is 0.151. The highest BCUT2D eigenvalue weighted by molar-refractivity contribution is 5.89. The number of pyridine rings is 1. The van der Waals surface area contributed by atoms with Gasteiger partial charge in [-0.2, -0.15) is 5.10 Å². The molecule has 0 fully saturated rings. The molecule has 8 nitrogen and oxygen atoms in total. The second-order valence-electron chi connectivity index (χ2n) is 5.89. The summed E-state index contributed by atoms with van der Waals surface area (Å²) in [7, 11) is 0. The van der Waals surface area contributed by atoms with E-state index in [4.69, 9.17) is 4.74 Å². The van der Waals surface area contributed by atoms with Crippen LogP contribution in [0, 0.1) is 6.92 Å². The summed E-state index contributed by atoms with van der Waals surface area (Å²) in [6, 6.07) is 10.7. The molecule has 0 saturated heterocycles. The van der Waals surface area contributed by atoms with E-state index in [-0.39, 0.29) is 6.61 Å². The molecule has 4 aromatic rings. The van der Waals surface area contributed by atoms with Crippen molar-refractivity contribution in [3.8, 4) is 17.2 Å². The summed E-state index contributed by atoms with van der Waals surface area (Å²) in [5.74, 6) is 1.68. The van der Waals surface area contributed by atoms with Gasteiger partial charge in [-0.3, -0.25) is 9.67 Å². The van der Waals surface area contributed by atoms with Crippen LogP contribution < -0.4 is 0 Å². The molecular formula is C19H16N6O2. The summed E-state index contributed by atoms with van der Waals surface area (Å²) in [6.45, 7) is 1.98. The zero-order valence-corrected chi connectivity index (χ0v) is 14.5. The zero-order valence-electron chi connectivity index (χ0n) is 14.5. The monoisotopic (exact) mass is 360 g/mol. The topological polar surface area (TPSA) is 98.6 Å². The highest BCUT2D eigenvalue weighted by atomic mass is 16.5. The number of aromatic amines is 1. The first-order chi connectivity index (χ1) is 13.2. The van der Waals surface area contributed by atoms with E-state index in [1.54, 1.807) is 47.6 Å². The van der Waals surface area contributed by atoms with E-state index < -0.39 is 5.97 Å². The largest absolute Gasteiger partial charge is 0.457 e. The maximum Gasteiger partial charge on any atom is 0.338 e. The van der Waals surface area contributed by atoms with Crippen molar-refractivity contribution in [2.24, 2.45) is 0 Å². The summed E-state index contributed by atoms with van der Waals surface area (Å²) < 4.78 is 7.16. The van der Waals surface area contributed by atoms with Crippen LogP contribution >= 0.6 is 0 Å². The van der Waals surface area contributed by atoms with Crippen LogP contribution in [0.25, 0.3) is 17.2 Å². The van der Waals surface area contributed by atoms with Crippen LogP contribution in [0.4, 0.5) is 0 Å². The Labute approximate surface area is 154 Å². The van der Waals surface area contributed by atoms with Crippen LogP contribution in [0.1, 0.15) is 21.7 Å². The van der Waals surface area contributed by atoms with Crippen molar-refractivity contribution >= 4 is 5.97 Å². The minimum Gasteiger partial charge on any atom is -0.457 e. The molecule has 0 bridgehead atoms. The Morgan fingerprint density at radius 3 is 2.67 bits per heavy atom. The number of carbonyl (C=O) groups excluding carboxylic acids is 1. The molecule has 3 heterocycles. The predicted octanol–water partition coefficient (Wildman–Crippen LogP) is 2.72. The average molecular weight is 360 g/mol. The Morgan fingerprint density at radius 1 is 1.19 bits per heavy atom. The van der Waals surface area contributed by atoms with Gasteiger partial charge in [0, 0.05) is 29.7 Å². The first-order valence-corrected chi connectivity index (χ1v) is 8.29. The van der Waals surface area contributed by atoms with E-state index >= 15 is 0 Å². The first kappa shape index (κ1) is 16.6. The summed E-state index contributed by atoms with van der Waals surface area (Å²) in [5.41, 5.74) is 2.10. The molecule has 0 spiro atoms. The molecule has 0 radical (unpaired) electrons. The number of aryl methyl sites for hydroxylation is 1. The normalized spacial score (nSPS) is 10.7. The second-order valence-corrected chi connectivity index (χ2v) is 5.89. The number of aromatic nitrogens is 6. The molecule has 0 saturated carbocycles. The van der Waals surface area contributed by atoms with E-state index in [0.29, 0.717) is 11.4 Å². The lowest BCUT2D eigenvalue weighted by atomic mass is 10.1. The average Bonchev–Trinajstić information content (AvgIpc) is 3.39. The second kappa shape index (κ2) is 7.20. The molecule has 0 aliphatic rings. The highest BCUT2D eigenvalue weighted by Gasteiger charge is 2.10. The maximum absolute atomic E-state index is 12.2. The van der Waals surface area contributed by atoms with Gasteiger partial charge in [-0.15, -0.1) is 0 Å². The molecule has 0 aliphatic heterocycles. The number of imidazole rings is 1. The Hall–Kier alpha value is -3.81. The number of benzene rings is 1. The number of rotatable bonds is 5. The molecule has 27 heavy (non-hydrogen) atoms. The zero-order chi connectivity index (χ0) is 18.6. The Kier molecular flexibility index (Phi) is 4.44. The van der Waals surface area contributed by atoms with Crippen LogP contribution in [0.3, 0.4) is 0 Å². The minimum atomic E-state index is -0.397. The Morgan fingerprint density at radius 2 is 2.04 bits per heavy atom. The quantitative estimate of drug-likeness (QED) is 0.550. The molecule has 4 rings (SSSR count). The van der Waals surface area contributed by atoms with Crippen molar-refractivity contribution in [3.05, 3.63) is 78.3 Å². The van der Waals surface area contributed by atoms with Crippen LogP contribution in [-0.4, -0.2) is 35.7 Å². The van der Waals surface area contributed by atoms with Gasteiger partial charge in [0.05, 0.1) is 5.56 Å². The molecule has 1 N–H and O–H groups in total. The lowest BCUT2D eigenvalue weighted by Gasteiger charge is -2.06. The van der Waals surface area contributed by atoms with Crippen molar-refractivity contribution < 1.29 is 9.53 Å². The first-order valence-electron chi connectivity index (χ1n) is 8.29. The summed E-state index contributed by atoms with van der Waals surface area (Å²) >= 11 is 0. The summed E-state index contributed by atoms with van der Waals surface area (Å²) in [6.07, 6.45) is 6.85. The molecule has 0 amide bonds. The van der Waals surface area contributed by atoms with E-state index in [1.165, 1.54) is 0 Å². The van der Waals surface area contributed by atoms with Gasteiger partial charge in [-0.25, -0.2) is 19.7 Å². The van der Waals surface area contributed by atoms with Crippen molar-refractivity contribution in [2.45, 2.75) is 13.5 Å². The lowest BCUT2D eigenvalue weighted by Crippen LogP contribution is -2.05. The smallest absolute Gasteiger partial charge is 0.338 e. The number of nitrogens with zero attached hydrogens (tertiary/aromatic N) is 5. The van der Waals surface area contributed by atoms with Crippen LogP contribution in [0.5, 0.6) is 0 Å². The number of ether oxygens (including phenoxy) is 1. The van der Waals surface area contributed by atoms with Gasteiger partial charge in [-0.1, -0.05) is 18.2 Å².